The van der Waals surface area contributed by atoms with Crippen molar-refractivity contribution in [1.29, 1.82) is 0 Å². The number of sulfonamides is 1. The molecule has 110 valence electrons. The van der Waals surface area contributed by atoms with E-state index in [0.717, 1.165) is 11.3 Å². The van der Waals surface area contributed by atoms with Gasteiger partial charge >= 0.3 is 11.9 Å². The summed E-state index contributed by atoms with van der Waals surface area (Å²) >= 11 is 0.985. The van der Waals surface area contributed by atoms with Gasteiger partial charge in [-0.2, -0.15) is 4.72 Å². The summed E-state index contributed by atoms with van der Waals surface area (Å²) in [5.74, 6) is -1.33. The van der Waals surface area contributed by atoms with E-state index in [-0.39, 0.29) is 22.8 Å². The maximum atomic E-state index is 12.3. The van der Waals surface area contributed by atoms with Gasteiger partial charge in [-0.1, -0.05) is 0 Å². The summed E-state index contributed by atoms with van der Waals surface area (Å²) in [6.07, 6.45) is 0.273. The van der Waals surface area contributed by atoms with Crippen LogP contribution >= 0.6 is 11.3 Å². The summed E-state index contributed by atoms with van der Waals surface area (Å²) in [4.78, 5) is 22.8. The van der Waals surface area contributed by atoms with Crippen molar-refractivity contribution >= 4 is 33.3 Å². The molecule has 0 aliphatic carbocycles. The number of esters is 2. The lowest BCUT2D eigenvalue weighted by molar-refractivity contribution is -0.139. The van der Waals surface area contributed by atoms with Crippen molar-refractivity contribution in [3.63, 3.8) is 0 Å². The second kappa shape index (κ2) is 5.51. The molecule has 0 bridgehead atoms. The average molecular weight is 319 g/mol. The summed E-state index contributed by atoms with van der Waals surface area (Å²) < 4.78 is 36.2. The number of hydrogen-bond donors (Lipinski definition) is 1. The molecule has 1 unspecified atom stereocenters. The first-order valence-electron chi connectivity index (χ1n) is 5.72. The number of hydrogen-bond acceptors (Lipinski definition) is 7. The third-order valence-electron chi connectivity index (χ3n) is 2.79. The predicted octanol–water partition coefficient (Wildman–Crippen LogP) is 0.437. The van der Waals surface area contributed by atoms with Crippen LogP contribution in [-0.4, -0.2) is 40.1 Å². The van der Waals surface area contributed by atoms with E-state index in [9.17, 15) is 18.0 Å². The van der Waals surface area contributed by atoms with E-state index in [2.05, 4.69) is 9.46 Å². The standard InChI is InChI=1S/C11H13NO6S2/c1-6-5-19-8(11(14)17-2)9(6)20(15,16)12-7-3-4-18-10(7)13/h5,7,12H,3-4H2,1-2H3. The van der Waals surface area contributed by atoms with Crippen LogP contribution in [0.2, 0.25) is 0 Å². The molecule has 1 atom stereocenters. The molecule has 1 aromatic rings. The van der Waals surface area contributed by atoms with E-state index < -0.39 is 28.0 Å². The largest absolute Gasteiger partial charge is 0.465 e. The van der Waals surface area contributed by atoms with Gasteiger partial charge in [-0.3, -0.25) is 4.79 Å². The van der Waals surface area contributed by atoms with E-state index in [1.165, 1.54) is 7.11 Å². The zero-order valence-electron chi connectivity index (χ0n) is 10.8. The Kier molecular flexibility index (Phi) is 4.11. The highest BCUT2D eigenvalue weighted by Crippen LogP contribution is 2.28. The Morgan fingerprint density at radius 3 is 2.80 bits per heavy atom. The summed E-state index contributed by atoms with van der Waals surface area (Å²) in [7, 11) is -2.81. The summed E-state index contributed by atoms with van der Waals surface area (Å²) in [6.45, 7) is 1.75. The fourth-order valence-electron chi connectivity index (χ4n) is 1.85. The third kappa shape index (κ3) is 2.69. The Morgan fingerprint density at radius 1 is 1.55 bits per heavy atom. The number of ether oxygens (including phenoxy) is 2. The van der Waals surface area contributed by atoms with Gasteiger partial charge in [0.15, 0.2) is 0 Å². The van der Waals surface area contributed by atoms with Crippen molar-refractivity contribution in [3.8, 4) is 0 Å². The Labute approximate surface area is 119 Å². The summed E-state index contributed by atoms with van der Waals surface area (Å²) in [5, 5.41) is 1.55. The number of carbonyl (C=O) groups is 2. The molecule has 0 spiro atoms. The fourth-order valence-corrected chi connectivity index (χ4v) is 4.77. The van der Waals surface area contributed by atoms with Gasteiger partial charge in [-0.05, 0) is 17.9 Å². The van der Waals surface area contributed by atoms with E-state index in [0.29, 0.717) is 5.56 Å². The molecule has 1 aliphatic heterocycles. The molecular formula is C11H13NO6S2. The van der Waals surface area contributed by atoms with Crippen molar-refractivity contribution in [2.45, 2.75) is 24.3 Å². The Balaban J connectivity index is 2.36. The van der Waals surface area contributed by atoms with Gasteiger partial charge in [-0.25, -0.2) is 13.2 Å². The number of thiophene rings is 1. The number of cyclic esters (lactones) is 1. The van der Waals surface area contributed by atoms with Gasteiger partial charge < -0.3 is 9.47 Å². The first kappa shape index (κ1) is 14.9. The summed E-state index contributed by atoms with van der Waals surface area (Å²) in [5.41, 5.74) is 0.425. The van der Waals surface area contributed by atoms with Crippen molar-refractivity contribution in [2.75, 3.05) is 13.7 Å². The fraction of sp³-hybridized carbons (Fsp3) is 0.455. The van der Waals surface area contributed by atoms with Crippen molar-refractivity contribution < 1.29 is 27.5 Å². The second-order valence-corrected chi connectivity index (χ2v) is 6.73. The number of nitrogens with one attached hydrogen (secondary N) is 1. The summed E-state index contributed by atoms with van der Waals surface area (Å²) in [6, 6.07) is -0.912. The normalized spacial score (nSPS) is 18.9. The Hall–Kier alpha value is -1.45. The van der Waals surface area contributed by atoms with Gasteiger partial charge in [0.05, 0.1) is 13.7 Å². The van der Waals surface area contributed by atoms with E-state index >= 15 is 0 Å². The average Bonchev–Trinajstić information content (AvgIpc) is 2.95. The number of rotatable bonds is 4. The topological polar surface area (TPSA) is 98.8 Å². The predicted molar refractivity (Wildman–Crippen MR) is 70.1 cm³/mol. The van der Waals surface area contributed by atoms with Gasteiger partial charge in [0.2, 0.25) is 10.0 Å². The lowest BCUT2D eigenvalue weighted by Crippen LogP contribution is -2.38. The van der Waals surface area contributed by atoms with Crippen LogP contribution in [0.3, 0.4) is 0 Å². The minimum absolute atomic E-state index is 0.0103. The molecule has 0 amide bonds. The molecule has 1 fully saturated rings. The van der Waals surface area contributed by atoms with Crippen molar-refractivity contribution in [3.05, 3.63) is 15.8 Å². The Morgan fingerprint density at radius 2 is 2.25 bits per heavy atom. The Bertz CT molecular complexity index is 648. The van der Waals surface area contributed by atoms with E-state index in [1.807, 2.05) is 0 Å². The molecule has 1 saturated heterocycles. The zero-order chi connectivity index (χ0) is 14.9. The van der Waals surface area contributed by atoms with Crippen LogP contribution in [-0.2, 0) is 24.3 Å². The van der Waals surface area contributed by atoms with Crippen molar-refractivity contribution in [1.82, 2.24) is 4.72 Å². The molecule has 0 saturated carbocycles. The van der Waals surface area contributed by atoms with Crippen LogP contribution in [0.4, 0.5) is 0 Å². The van der Waals surface area contributed by atoms with E-state index in [1.54, 1.807) is 12.3 Å². The van der Waals surface area contributed by atoms with Crippen LogP contribution < -0.4 is 4.72 Å². The first-order valence-corrected chi connectivity index (χ1v) is 8.08. The molecule has 0 aromatic carbocycles. The maximum Gasteiger partial charge on any atom is 0.349 e. The second-order valence-electron chi connectivity index (χ2n) is 4.20. The SMILES string of the molecule is COC(=O)c1scc(C)c1S(=O)(=O)NC1CCOC1=O. The van der Waals surface area contributed by atoms with Gasteiger partial charge in [-0.15, -0.1) is 11.3 Å². The first-order chi connectivity index (χ1) is 9.36. The van der Waals surface area contributed by atoms with Crippen LogP contribution in [0.25, 0.3) is 0 Å². The van der Waals surface area contributed by atoms with Crippen LogP contribution in [0.5, 0.6) is 0 Å². The third-order valence-corrected chi connectivity index (χ3v) is 5.66. The lowest BCUT2D eigenvalue weighted by Gasteiger charge is -2.11. The highest BCUT2D eigenvalue weighted by molar-refractivity contribution is 7.89. The molecule has 9 heteroatoms. The number of methoxy groups -OCH3 is 1. The quantitative estimate of drug-likeness (QED) is 0.808. The monoisotopic (exact) mass is 319 g/mol. The number of carbonyl (C=O) groups excluding carboxylic acids is 2. The van der Waals surface area contributed by atoms with Gasteiger partial charge in [0.1, 0.15) is 15.8 Å². The highest BCUT2D eigenvalue weighted by atomic mass is 32.2. The van der Waals surface area contributed by atoms with Gasteiger partial charge in [0.25, 0.3) is 0 Å². The van der Waals surface area contributed by atoms with Crippen LogP contribution in [0, 0.1) is 6.92 Å². The zero-order valence-corrected chi connectivity index (χ0v) is 12.5. The molecule has 2 heterocycles. The minimum Gasteiger partial charge on any atom is -0.465 e. The molecule has 0 radical (unpaired) electrons. The molecule has 1 aliphatic rings. The lowest BCUT2D eigenvalue weighted by atomic mass is 10.3. The van der Waals surface area contributed by atoms with Crippen molar-refractivity contribution in [2.24, 2.45) is 0 Å². The smallest absolute Gasteiger partial charge is 0.349 e. The highest BCUT2D eigenvalue weighted by Gasteiger charge is 2.34. The van der Waals surface area contributed by atoms with Gasteiger partial charge in [0, 0.05) is 6.42 Å². The van der Waals surface area contributed by atoms with Crippen LogP contribution in [0.1, 0.15) is 21.7 Å². The van der Waals surface area contributed by atoms with E-state index in [4.69, 9.17) is 4.74 Å². The molecule has 2 rings (SSSR count). The molecule has 1 aromatic heterocycles. The molecule has 1 N–H and O–H groups in total. The minimum atomic E-state index is -3.99. The molecular weight excluding hydrogens is 306 g/mol. The molecule has 7 nitrogen and oxygen atoms in total. The van der Waals surface area contributed by atoms with Crippen LogP contribution in [0.15, 0.2) is 10.3 Å². The molecule has 20 heavy (non-hydrogen) atoms. The maximum absolute atomic E-state index is 12.3. The number of aryl methyl sites for hydroxylation is 1.